The zero-order valence-corrected chi connectivity index (χ0v) is 9.74. The molecule has 1 atom stereocenters. The van der Waals surface area contributed by atoms with Crippen LogP contribution in [0.1, 0.15) is 25.7 Å². The summed E-state index contributed by atoms with van der Waals surface area (Å²) in [7, 11) is 2.22. The summed E-state index contributed by atoms with van der Waals surface area (Å²) < 4.78 is 0. The van der Waals surface area contributed by atoms with Crippen molar-refractivity contribution in [2.75, 3.05) is 20.1 Å². The van der Waals surface area contributed by atoms with Gasteiger partial charge in [-0.15, -0.1) is 0 Å². The first-order valence-corrected chi connectivity index (χ1v) is 6.09. The number of fused-ring (bicyclic) bond motifs is 1. The number of nitrogens with zero attached hydrogens (tertiary/aromatic N) is 1. The number of hydrogen-bond donors (Lipinski definition) is 1. The lowest BCUT2D eigenvalue weighted by Gasteiger charge is -2.29. The van der Waals surface area contributed by atoms with E-state index in [1.54, 1.807) is 0 Å². The Morgan fingerprint density at radius 1 is 1.38 bits per heavy atom. The van der Waals surface area contributed by atoms with Gasteiger partial charge in [-0.25, -0.2) is 0 Å². The smallest absolute Gasteiger partial charge is 0.0456 e. The number of aromatic amines is 1. The third-order valence-electron chi connectivity index (χ3n) is 3.69. The van der Waals surface area contributed by atoms with Crippen LogP contribution in [0.25, 0.3) is 10.9 Å². The summed E-state index contributed by atoms with van der Waals surface area (Å²) >= 11 is 0. The molecule has 2 aromatic rings. The molecule has 0 bridgehead atoms. The van der Waals surface area contributed by atoms with E-state index in [9.17, 15) is 0 Å². The Hall–Kier alpha value is -1.28. The molecule has 16 heavy (non-hydrogen) atoms. The van der Waals surface area contributed by atoms with E-state index in [1.165, 1.54) is 42.4 Å². The maximum atomic E-state index is 3.38. The van der Waals surface area contributed by atoms with Gasteiger partial charge in [0.25, 0.3) is 0 Å². The molecule has 2 heterocycles. The maximum Gasteiger partial charge on any atom is 0.0456 e. The number of piperidine rings is 1. The van der Waals surface area contributed by atoms with E-state index in [-0.39, 0.29) is 1.43 Å². The second-order valence-corrected chi connectivity index (χ2v) is 4.89. The number of benzene rings is 1. The van der Waals surface area contributed by atoms with E-state index in [1.807, 2.05) is 0 Å². The molecule has 0 amide bonds. The van der Waals surface area contributed by atoms with Crippen molar-refractivity contribution < 1.29 is 1.43 Å². The van der Waals surface area contributed by atoms with Gasteiger partial charge in [-0.3, -0.25) is 0 Å². The molecule has 1 N–H and O–H groups in total. The molecular formula is C14H20N2. The molecule has 0 spiro atoms. The van der Waals surface area contributed by atoms with Crippen molar-refractivity contribution in [1.82, 2.24) is 9.88 Å². The van der Waals surface area contributed by atoms with Crippen LogP contribution in [-0.2, 0) is 0 Å². The number of rotatable bonds is 1. The van der Waals surface area contributed by atoms with Crippen LogP contribution in [0.3, 0.4) is 0 Å². The molecular weight excluding hydrogens is 196 g/mol. The quantitative estimate of drug-likeness (QED) is 0.775. The first-order valence-electron chi connectivity index (χ1n) is 6.09. The summed E-state index contributed by atoms with van der Waals surface area (Å²) in [5, 5.41) is 1.41. The van der Waals surface area contributed by atoms with E-state index < -0.39 is 0 Å². The second kappa shape index (κ2) is 3.95. The summed E-state index contributed by atoms with van der Waals surface area (Å²) in [6.07, 6.45) is 4.85. The monoisotopic (exact) mass is 216 g/mol. The van der Waals surface area contributed by atoms with Crippen LogP contribution in [0.4, 0.5) is 0 Å². The van der Waals surface area contributed by atoms with Gasteiger partial charge in [0.15, 0.2) is 0 Å². The molecule has 2 nitrogen and oxygen atoms in total. The van der Waals surface area contributed by atoms with Crippen LogP contribution < -0.4 is 0 Å². The number of para-hydroxylation sites is 1. The van der Waals surface area contributed by atoms with Gasteiger partial charge in [0.05, 0.1) is 0 Å². The fourth-order valence-electron chi connectivity index (χ4n) is 2.85. The van der Waals surface area contributed by atoms with Crippen LogP contribution in [-0.4, -0.2) is 30.0 Å². The molecule has 0 saturated carbocycles. The minimum atomic E-state index is 0. The highest BCUT2D eigenvalue weighted by molar-refractivity contribution is 5.83. The fraction of sp³-hybridized carbons (Fsp3) is 0.429. The maximum absolute atomic E-state index is 3.38. The lowest BCUT2D eigenvalue weighted by atomic mass is 9.91. The molecule has 1 saturated heterocycles. The minimum Gasteiger partial charge on any atom is -0.361 e. The molecule has 86 valence electrons. The fourth-order valence-corrected chi connectivity index (χ4v) is 2.85. The lowest BCUT2D eigenvalue weighted by Crippen LogP contribution is -2.30. The van der Waals surface area contributed by atoms with Gasteiger partial charge in [-0.2, -0.15) is 0 Å². The number of hydrogen-bond acceptors (Lipinski definition) is 1. The van der Waals surface area contributed by atoms with Crippen molar-refractivity contribution in [3.63, 3.8) is 0 Å². The highest BCUT2D eigenvalue weighted by atomic mass is 15.1. The Bertz CT molecular complexity index is 492. The highest BCUT2D eigenvalue weighted by Gasteiger charge is 2.21. The number of likely N-dealkylation sites (N-methyl/N-ethyl adjacent to an activating group) is 1. The van der Waals surface area contributed by atoms with E-state index in [0.29, 0.717) is 5.92 Å². The van der Waals surface area contributed by atoms with Crippen LogP contribution in [0, 0.1) is 0 Å². The Kier molecular flexibility index (Phi) is 2.44. The molecule has 1 aromatic carbocycles. The summed E-state index contributed by atoms with van der Waals surface area (Å²) in [5.41, 5.74) is 2.77. The third-order valence-corrected chi connectivity index (χ3v) is 3.69. The van der Waals surface area contributed by atoms with Crippen molar-refractivity contribution >= 4 is 10.9 Å². The van der Waals surface area contributed by atoms with Gasteiger partial charge in [0.1, 0.15) is 0 Å². The molecule has 2 heteroatoms. The first-order chi connectivity index (χ1) is 7.84. The summed E-state index contributed by atoms with van der Waals surface area (Å²) in [4.78, 5) is 5.82. The van der Waals surface area contributed by atoms with Crippen LogP contribution in [0.15, 0.2) is 30.5 Å². The zero-order chi connectivity index (χ0) is 11.0. The zero-order valence-electron chi connectivity index (χ0n) is 9.74. The van der Waals surface area contributed by atoms with Crippen molar-refractivity contribution in [1.29, 1.82) is 0 Å². The van der Waals surface area contributed by atoms with Gasteiger partial charge in [0, 0.05) is 25.1 Å². The van der Waals surface area contributed by atoms with Crippen molar-refractivity contribution in [3.8, 4) is 0 Å². The standard InChI is InChI=1S/C14H18N2.H2/c1-16-8-4-5-11(10-16)13-9-15-14-7-3-2-6-12(13)14;/h2-3,6-7,9,11,15H,4-5,8,10H2,1H3;1H. The molecule has 1 aliphatic heterocycles. The Labute approximate surface area is 97.8 Å². The Balaban J connectivity index is 0.00000108. The summed E-state index contributed by atoms with van der Waals surface area (Å²) in [6.45, 7) is 2.45. The highest BCUT2D eigenvalue weighted by Crippen LogP contribution is 2.31. The number of H-pyrrole nitrogens is 1. The molecule has 1 unspecified atom stereocenters. The number of aromatic nitrogens is 1. The lowest BCUT2D eigenvalue weighted by molar-refractivity contribution is 0.251. The molecule has 1 fully saturated rings. The average Bonchev–Trinajstić information content (AvgIpc) is 2.72. The van der Waals surface area contributed by atoms with Gasteiger partial charge < -0.3 is 9.88 Å². The van der Waals surface area contributed by atoms with Gasteiger partial charge in [-0.05, 0) is 44.0 Å². The number of likely N-dealkylation sites (tertiary alicyclic amines) is 1. The van der Waals surface area contributed by atoms with Gasteiger partial charge in [0.2, 0.25) is 0 Å². The van der Waals surface area contributed by atoms with Crippen LogP contribution in [0.5, 0.6) is 0 Å². The SMILES string of the molecule is CN1CCCC(c2c[nH]c3ccccc23)C1.[HH]. The molecule has 3 rings (SSSR count). The normalized spacial score (nSPS) is 22.7. The van der Waals surface area contributed by atoms with Crippen molar-refractivity contribution in [3.05, 3.63) is 36.0 Å². The summed E-state index contributed by atoms with van der Waals surface area (Å²) in [5.74, 6) is 0.704. The average molecular weight is 216 g/mol. The third kappa shape index (κ3) is 1.63. The van der Waals surface area contributed by atoms with Crippen LogP contribution in [0.2, 0.25) is 0 Å². The molecule has 1 aromatic heterocycles. The predicted molar refractivity (Wildman–Crippen MR) is 69.9 cm³/mol. The largest absolute Gasteiger partial charge is 0.361 e. The van der Waals surface area contributed by atoms with E-state index >= 15 is 0 Å². The van der Waals surface area contributed by atoms with E-state index in [0.717, 1.165) is 0 Å². The van der Waals surface area contributed by atoms with E-state index in [2.05, 4.69) is 47.4 Å². The van der Waals surface area contributed by atoms with Crippen LogP contribution >= 0.6 is 0 Å². The van der Waals surface area contributed by atoms with Crippen molar-refractivity contribution in [2.45, 2.75) is 18.8 Å². The van der Waals surface area contributed by atoms with Gasteiger partial charge in [-0.1, -0.05) is 18.2 Å². The van der Waals surface area contributed by atoms with Crippen molar-refractivity contribution in [2.24, 2.45) is 0 Å². The summed E-state index contributed by atoms with van der Waals surface area (Å²) in [6, 6.07) is 8.61. The number of nitrogens with one attached hydrogen (secondary N) is 1. The molecule has 0 radical (unpaired) electrons. The topological polar surface area (TPSA) is 19.0 Å². The first kappa shape index (κ1) is 9.91. The Morgan fingerprint density at radius 3 is 3.12 bits per heavy atom. The van der Waals surface area contributed by atoms with E-state index in [4.69, 9.17) is 0 Å². The predicted octanol–water partition coefficient (Wildman–Crippen LogP) is 3.22. The second-order valence-electron chi connectivity index (χ2n) is 4.89. The minimum absolute atomic E-state index is 0. The van der Waals surface area contributed by atoms with Gasteiger partial charge >= 0.3 is 0 Å². The molecule has 0 aliphatic carbocycles. The molecule has 1 aliphatic rings. The Morgan fingerprint density at radius 2 is 2.25 bits per heavy atom.